The van der Waals surface area contributed by atoms with E-state index in [1.165, 1.54) is 31.1 Å². The highest BCUT2D eigenvalue weighted by molar-refractivity contribution is 5.94. The number of fused-ring (bicyclic) bond motifs is 4. The Morgan fingerprint density at radius 1 is 1.03 bits per heavy atom. The van der Waals surface area contributed by atoms with E-state index in [4.69, 9.17) is 0 Å². The molecule has 0 aliphatic heterocycles. The van der Waals surface area contributed by atoms with Crippen LogP contribution < -0.4 is 5.32 Å². The van der Waals surface area contributed by atoms with Crippen LogP contribution in [0.25, 0.3) is 10.8 Å². The van der Waals surface area contributed by atoms with Gasteiger partial charge in [-0.25, -0.2) is 0 Å². The maximum absolute atomic E-state index is 12.7. The summed E-state index contributed by atoms with van der Waals surface area (Å²) in [7, 11) is 0. The molecule has 0 bridgehead atoms. The minimum atomic E-state index is -0.168. The summed E-state index contributed by atoms with van der Waals surface area (Å²) in [6.45, 7) is 9.49. The SMILES string of the molecule is CC1=C(CCCC(=O)Nc2ccc3ccccc3c2)[C@@H]2CC[C@H]3C(C)(C)[C@@H](O)CC[C@]3(C)[C@H]2CC1. The van der Waals surface area contributed by atoms with Crippen LogP contribution in [0.1, 0.15) is 85.5 Å². The number of amides is 1. The Kier molecular flexibility index (Phi) is 6.59. The average Bonchev–Trinajstić information content (AvgIpc) is 2.83. The van der Waals surface area contributed by atoms with E-state index in [1.807, 2.05) is 18.2 Å². The maximum atomic E-state index is 12.7. The molecule has 2 aromatic carbocycles. The van der Waals surface area contributed by atoms with E-state index in [2.05, 4.69) is 57.3 Å². The van der Waals surface area contributed by atoms with Crippen molar-refractivity contribution >= 4 is 22.4 Å². The fourth-order valence-corrected chi connectivity index (χ4v) is 8.35. The van der Waals surface area contributed by atoms with Gasteiger partial charge in [-0.05, 0) is 110 Å². The molecule has 0 radical (unpaired) electrons. The molecule has 2 fully saturated rings. The lowest BCUT2D eigenvalue weighted by Gasteiger charge is -2.62. The first-order valence-electron chi connectivity index (χ1n) is 13.9. The predicted molar refractivity (Wildman–Crippen MR) is 145 cm³/mol. The minimum Gasteiger partial charge on any atom is -0.393 e. The number of carbonyl (C=O) groups is 1. The number of rotatable bonds is 5. The molecule has 5 atom stereocenters. The first kappa shape index (κ1) is 24.6. The fraction of sp³-hybridized carbons (Fsp3) is 0.594. The standard InChI is InChI=1S/C32H43NO2/c1-21-12-16-27-26(15-17-28-31(2,3)29(34)18-19-32(27,28)4)25(21)10-7-11-30(35)33-24-14-13-22-8-5-6-9-23(22)20-24/h5-6,8-9,13-14,20,26-29,34H,7,10-12,15-19H2,1-4H3,(H,33,35)/t26-,27-,28-,29-,32+/m0/s1. The molecule has 0 aromatic heterocycles. The van der Waals surface area contributed by atoms with Gasteiger partial charge in [0.15, 0.2) is 0 Å². The summed E-state index contributed by atoms with van der Waals surface area (Å²) in [4.78, 5) is 12.7. The molecule has 2 N–H and O–H groups in total. The molecule has 5 rings (SSSR count). The van der Waals surface area contributed by atoms with Gasteiger partial charge in [-0.1, -0.05) is 62.2 Å². The summed E-state index contributed by atoms with van der Waals surface area (Å²) in [6, 6.07) is 14.4. The van der Waals surface area contributed by atoms with E-state index in [-0.39, 0.29) is 17.4 Å². The van der Waals surface area contributed by atoms with Crippen LogP contribution in [0, 0.1) is 28.6 Å². The lowest BCUT2D eigenvalue weighted by Crippen LogP contribution is -2.56. The van der Waals surface area contributed by atoms with Crippen LogP contribution in [0.5, 0.6) is 0 Å². The van der Waals surface area contributed by atoms with E-state index in [9.17, 15) is 9.90 Å². The second-order valence-electron chi connectivity index (χ2n) is 12.5. The number of nitrogens with one attached hydrogen (secondary N) is 1. The Morgan fingerprint density at radius 3 is 2.60 bits per heavy atom. The lowest BCUT2D eigenvalue weighted by atomic mass is 9.43. The number of anilines is 1. The first-order valence-corrected chi connectivity index (χ1v) is 13.9. The monoisotopic (exact) mass is 473 g/mol. The predicted octanol–water partition coefficient (Wildman–Crippen LogP) is 7.89. The highest BCUT2D eigenvalue weighted by atomic mass is 16.3. The molecule has 188 valence electrons. The van der Waals surface area contributed by atoms with Gasteiger partial charge in [0.25, 0.3) is 0 Å². The molecule has 1 amide bonds. The third kappa shape index (κ3) is 4.46. The zero-order valence-corrected chi connectivity index (χ0v) is 22.1. The number of hydrogen-bond acceptors (Lipinski definition) is 2. The molecule has 2 saturated carbocycles. The van der Waals surface area contributed by atoms with Gasteiger partial charge in [0.2, 0.25) is 5.91 Å². The summed E-state index contributed by atoms with van der Waals surface area (Å²) in [5, 5.41) is 16.2. The average molecular weight is 474 g/mol. The van der Waals surface area contributed by atoms with E-state index < -0.39 is 0 Å². The summed E-state index contributed by atoms with van der Waals surface area (Å²) >= 11 is 0. The fourth-order valence-electron chi connectivity index (χ4n) is 8.35. The van der Waals surface area contributed by atoms with Crippen LogP contribution in [0.4, 0.5) is 5.69 Å². The van der Waals surface area contributed by atoms with Gasteiger partial charge in [0.05, 0.1) is 6.10 Å². The number of benzene rings is 2. The van der Waals surface area contributed by atoms with Gasteiger partial charge >= 0.3 is 0 Å². The van der Waals surface area contributed by atoms with Gasteiger partial charge < -0.3 is 10.4 Å². The van der Waals surface area contributed by atoms with Gasteiger partial charge in [-0.3, -0.25) is 4.79 Å². The summed E-state index contributed by atoms with van der Waals surface area (Å²) < 4.78 is 0. The highest BCUT2D eigenvalue weighted by Crippen LogP contribution is 2.64. The Morgan fingerprint density at radius 2 is 1.80 bits per heavy atom. The van der Waals surface area contributed by atoms with Crippen LogP contribution in [0.2, 0.25) is 0 Å². The van der Waals surface area contributed by atoms with E-state index in [1.54, 1.807) is 11.1 Å². The zero-order valence-electron chi connectivity index (χ0n) is 22.1. The van der Waals surface area contributed by atoms with Crippen molar-refractivity contribution in [3.8, 4) is 0 Å². The number of aliphatic hydroxyl groups excluding tert-OH is 1. The molecule has 3 aliphatic carbocycles. The topological polar surface area (TPSA) is 49.3 Å². The van der Waals surface area contributed by atoms with E-state index in [0.717, 1.165) is 42.7 Å². The lowest BCUT2D eigenvalue weighted by molar-refractivity contribution is -0.149. The van der Waals surface area contributed by atoms with Crippen LogP contribution in [-0.4, -0.2) is 17.1 Å². The van der Waals surface area contributed by atoms with Crippen LogP contribution in [-0.2, 0) is 4.79 Å². The Bertz CT molecular complexity index is 1130. The largest absolute Gasteiger partial charge is 0.393 e. The van der Waals surface area contributed by atoms with Gasteiger partial charge in [-0.2, -0.15) is 0 Å². The molecular formula is C32H43NO2. The molecule has 0 saturated heterocycles. The molecule has 2 aromatic rings. The zero-order chi connectivity index (χ0) is 24.8. The molecule has 3 aliphatic rings. The number of aliphatic hydroxyl groups is 1. The maximum Gasteiger partial charge on any atom is 0.224 e. The number of hydrogen-bond donors (Lipinski definition) is 2. The molecule has 3 heteroatoms. The molecule has 0 spiro atoms. The molecule has 0 unspecified atom stereocenters. The second kappa shape index (κ2) is 9.39. The van der Waals surface area contributed by atoms with Crippen LogP contribution in [0.3, 0.4) is 0 Å². The summed E-state index contributed by atoms with van der Waals surface area (Å²) in [5.41, 5.74) is 4.46. The van der Waals surface area contributed by atoms with Gasteiger partial charge in [0.1, 0.15) is 0 Å². The van der Waals surface area contributed by atoms with Crippen LogP contribution >= 0.6 is 0 Å². The highest BCUT2D eigenvalue weighted by Gasteiger charge is 2.58. The van der Waals surface area contributed by atoms with Gasteiger partial charge in [0, 0.05) is 12.1 Å². The van der Waals surface area contributed by atoms with Crippen molar-refractivity contribution in [2.75, 3.05) is 5.32 Å². The Hall–Kier alpha value is -2.13. The molecular weight excluding hydrogens is 430 g/mol. The molecule has 3 nitrogen and oxygen atoms in total. The van der Waals surface area contributed by atoms with Gasteiger partial charge in [-0.15, -0.1) is 0 Å². The quantitative estimate of drug-likeness (QED) is 0.434. The van der Waals surface area contributed by atoms with Crippen molar-refractivity contribution in [3.05, 3.63) is 53.6 Å². The number of carbonyl (C=O) groups excluding carboxylic acids is 1. The van der Waals surface area contributed by atoms with Crippen molar-refractivity contribution in [2.45, 2.75) is 91.6 Å². The van der Waals surface area contributed by atoms with Crippen LogP contribution in [0.15, 0.2) is 53.6 Å². The van der Waals surface area contributed by atoms with E-state index >= 15 is 0 Å². The van der Waals surface area contributed by atoms with E-state index in [0.29, 0.717) is 23.7 Å². The van der Waals surface area contributed by atoms with Crippen molar-refractivity contribution < 1.29 is 9.90 Å². The Balaban J connectivity index is 1.22. The minimum absolute atomic E-state index is 0.00912. The van der Waals surface area contributed by atoms with Crippen molar-refractivity contribution in [1.29, 1.82) is 0 Å². The third-order valence-electron chi connectivity index (χ3n) is 10.3. The Labute approximate surface area is 211 Å². The van der Waals surface area contributed by atoms with Crippen molar-refractivity contribution in [3.63, 3.8) is 0 Å². The number of allylic oxidation sites excluding steroid dienone is 2. The smallest absolute Gasteiger partial charge is 0.224 e. The summed E-state index contributed by atoms with van der Waals surface area (Å²) in [5.74, 6) is 2.11. The van der Waals surface area contributed by atoms with Crippen molar-refractivity contribution in [1.82, 2.24) is 0 Å². The normalized spacial score (nSPS) is 32.1. The molecule has 0 heterocycles. The third-order valence-corrected chi connectivity index (χ3v) is 10.3. The van der Waals surface area contributed by atoms with Crippen molar-refractivity contribution in [2.24, 2.45) is 28.6 Å². The first-order chi connectivity index (χ1) is 16.7. The second-order valence-corrected chi connectivity index (χ2v) is 12.5. The summed E-state index contributed by atoms with van der Waals surface area (Å²) in [6.07, 6.45) is 9.42. The molecule has 35 heavy (non-hydrogen) atoms.